The quantitative estimate of drug-likeness (QED) is 0.675. The Kier molecular flexibility index (Phi) is 5.35. The van der Waals surface area contributed by atoms with Crippen molar-refractivity contribution in [1.29, 1.82) is 0 Å². The molecule has 0 aliphatic carbocycles. The molecule has 2 rings (SSSR count). The fraction of sp³-hybridized carbons (Fsp3) is 0.625. The van der Waals surface area contributed by atoms with E-state index in [1.54, 1.807) is 20.8 Å². The second kappa shape index (κ2) is 6.94. The molecular weight excluding hydrogens is 326 g/mol. The number of pyridine rings is 1. The third-order valence-electron chi connectivity index (χ3n) is 4.04. The van der Waals surface area contributed by atoms with E-state index in [-0.39, 0.29) is 24.9 Å². The molecule has 1 atom stereocenters. The van der Waals surface area contributed by atoms with Gasteiger partial charge in [-0.25, -0.2) is 0 Å². The summed E-state index contributed by atoms with van der Waals surface area (Å²) in [5, 5.41) is 2.80. The Morgan fingerprint density at radius 2 is 1.79 bits per heavy atom. The SMILES string of the molecule is CC(C)(C)C(=O)NCC1CCCN(c2c(F)c(F)nc(F)c2F)C1. The first-order valence-corrected chi connectivity index (χ1v) is 7.84. The topological polar surface area (TPSA) is 45.2 Å². The van der Waals surface area contributed by atoms with Crippen molar-refractivity contribution in [2.45, 2.75) is 33.6 Å². The maximum atomic E-state index is 13.9. The molecule has 0 spiro atoms. The van der Waals surface area contributed by atoms with E-state index >= 15 is 0 Å². The summed E-state index contributed by atoms with van der Waals surface area (Å²) >= 11 is 0. The monoisotopic (exact) mass is 347 g/mol. The van der Waals surface area contributed by atoms with Gasteiger partial charge in [0.05, 0.1) is 0 Å². The van der Waals surface area contributed by atoms with Gasteiger partial charge in [0.1, 0.15) is 5.69 Å². The molecule has 0 aromatic carbocycles. The summed E-state index contributed by atoms with van der Waals surface area (Å²) in [5.74, 6) is -6.50. The Balaban J connectivity index is 2.11. The predicted octanol–water partition coefficient (Wildman–Crippen LogP) is 3.02. The van der Waals surface area contributed by atoms with Crippen LogP contribution in [0, 0.1) is 34.9 Å². The highest BCUT2D eigenvalue weighted by Gasteiger charge is 2.30. The lowest BCUT2D eigenvalue weighted by molar-refractivity contribution is -0.128. The van der Waals surface area contributed by atoms with Gasteiger partial charge in [-0.2, -0.15) is 22.5 Å². The zero-order valence-corrected chi connectivity index (χ0v) is 13.9. The number of carbonyl (C=O) groups is 1. The Morgan fingerprint density at radius 3 is 2.33 bits per heavy atom. The zero-order chi connectivity index (χ0) is 18.1. The number of hydrogen-bond acceptors (Lipinski definition) is 3. The molecule has 2 heterocycles. The van der Waals surface area contributed by atoms with Gasteiger partial charge in [0.2, 0.25) is 17.5 Å². The summed E-state index contributed by atoms with van der Waals surface area (Å²) in [4.78, 5) is 15.7. The van der Waals surface area contributed by atoms with E-state index in [4.69, 9.17) is 0 Å². The van der Waals surface area contributed by atoms with E-state index in [2.05, 4.69) is 10.3 Å². The number of halogens is 4. The second-order valence-electron chi connectivity index (χ2n) is 7.08. The highest BCUT2D eigenvalue weighted by atomic mass is 19.2. The molecule has 0 bridgehead atoms. The van der Waals surface area contributed by atoms with Crippen LogP contribution in [0.4, 0.5) is 23.2 Å². The zero-order valence-electron chi connectivity index (χ0n) is 13.9. The maximum Gasteiger partial charge on any atom is 0.253 e. The van der Waals surface area contributed by atoms with Crippen LogP contribution >= 0.6 is 0 Å². The van der Waals surface area contributed by atoms with E-state index in [9.17, 15) is 22.4 Å². The first kappa shape index (κ1) is 18.5. The maximum absolute atomic E-state index is 13.9. The van der Waals surface area contributed by atoms with E-state index in [1.807, 2.05) is 0 Å². The van der Waals surface area contributed by atoms with Crippen molar-refractivity contribution in [2.75, 3.05) is 24.5 Å². The third-order valence-corrected chi connectivity index (χ3v) is 4.04. The van der Waals surface area contributed by atoms with Gasteiger partial charge in [-0.15, -0.1) is 0 Å². The molecule has 1 amide bonds. The molecule has 1 saturated heterocycles. The first-order chi connectivity index (χ1) is 11.1. The number of aromatic nitrogens is 1. The van der Waals surface area contributed by atoms with Crippen molar-refractivity contribution >= 4 is 11.6 Å². The van der Waals surface area contributed by atoms with Gasteiger partial charge in [-0.1, -0.05) is 20.8 Å². The standard InChI is InChI=1S/C16H21F4N3O/c1-16(2,3)15(24)21-7-9-5-4-6-23(8-9)12-10(17)13(19)22-14(20)11(12)18/h9H,4-8H2,1-3H3,(H,21,24). The Labute approximate surface area is 138 Å². The molecule has 1 N–H and O–H groups in total. The van der Waals surface area contributed by atoms with Crippen LogP contribution in [0.1, 0.15) is 33.6 Å². The van der Waals surface area contributed by atoms with Gasteiger partial charge in [-0.05, 0) is 18.8 Å². The summed E-state index contributed by atoms with van der Waals surface area (Å²) in [6.07, 6.45) is 1.35. The molecule has 1 aliphatic heterocycles. The lowest BCUT2D eigenvalue weighted by Gasteiger charge is -2.35. The third kappa shape index (κ3) is 3.96. The van der Waals surface area contributed by atoms with Crippen molar-refractivity contribution in [3.63, 3.8) is 0 Å². The molecule has 1 fully saturated rings. The van der Waals surface area contributed by atoms with E-state index in [1.165, 1.54) is 4.90 Å². The van der Waals surface area contributed by atoms with Crippen molar-refractivity contribution < 1.29 is 22.4 Å². The summed E-state index contributed by atoms with van der Waals surface area (Å²) < 4.78 is 54.3. The molecular formula is C16H21F4N3O. The van der Waals surface area contributed by atoms with Crippen molar-refractivity contribution in [3.05, 3.63) is 23.5 Å². The molecule has 1 unspecified atom stereocenters. The minimum Gasteiger partial charge on any atom is -0.366 e. The Hall–Kier alpha value is -1.86. The number of nitrogens with zero attached hydrogens (tertiary/aromatic N) is 2. The van der Waals surface area contributed by atoms with Crippen molar-refractivity contribution in [2.24, 2.45) is 11.3 Å². The number of hydrogen-bond donors (Lipinski definition) is 1. The lowest BCUT2D eigenvalue weighted by atomic mass is 9.94. The van der Waals surface area contributed by atoms with Crippen LogP contribution in [-0.2, 0) is 4.79 Å². The summed E-state index contributed by atoms with van der Waals surface area (Å²) in [5.41, 5.74) is -1.27. The van der Waals surface area contributed by atoms with Gasteiger partial charge >= 0.3 is 0 Å². The average molecular weight is 347 g/mol. The lowest BCUT2D eigenvalue weighted by Crippen LogP contribution is -2.44. The molecule has 134 valence electrons. The molecule has 1 aromatic heterocycles. The fourth-order valence-electron chi connectivity index (χ4n) is 2.69. The number of anilines is 1. The Morgan fingerprint density at radius 1 is 1.21 bits per heavy atom. The molecule has 1 aliphatic rings. The molecule has 1 aromatic rings. The van der Waals surface area contributed by atoms with E-state index in [0.717, 1.165) is 6.42 Å². The Bertz CT molecular complexity index is 604. The molecule has 8 heteroatoms. The highest BCUT2D eigenvalue weighted by molar-refractivity contribution is 5.81. The molecule has 24 heavy (non-hydrogen) atoms. The molecule has 0 radical (unpaired) electrons. The second-order valence-corrected chi connectivity index (χ2v) is 7.08. The van der Waals surface area contributed by atoms with Crippen LogP contribution < -0.4 is 10.2 Å². The van der Waals surface area contributed by atoms with Gasteiger partial charge in [0, 0.05) is 25.0 Å². The summed E-state index contributed by atoms with van der Waals surface area (Å²) in [6, 6.07) is 0. The van der Waals surface area contributed by atoms with Crippen LogP contribution in [0.3, 0.4) is 0 Å². The van der Waals surface area contributed by atoms with Crippen LogP contribution in [0.25, 0.3) is 0 Å². The van der Waals surface area contributed by atoms with Gasteiger partial charge in [0.25, 0.3) is 11.9 Å². The number of rotatable bonds is 3. The number of carbonyl (C=O) groups excluding carboxylic acids is 1. The minimum absolute atomic E-state index is 0.0665. The van der Waals surface area contributed by atoms with Crippen molar-refractivity contribution in [3.8, 4) is 0 Å². The van der Waals surface area contributed by atoms with Gasteiger partial charge in [0.15, 0.2) is 0 Å². The summed E-state index contributed by atoms with van der Waals surface area (Å²) in [7, 11) is 0. The highest BCUT2D eigenvalue weighted by Crippen LogP contribution is 2.30. The average Bonchev–Trinajstić information content (AvgIpc) is 2.50. The predicted molar refractivity (Wildman–Crippen MR) is 81.5 cm³/mol. The largest absolute Gasteiger partial charge is 0.366 e. The molecule has 4 nitrogen and oxygen atoms in total. The van der Waals surface area contributed by atoms with E-state index < -0.39 is 34.6 Å². The van der Waals surface area contributed by atoms with Crippen LogP contribution in [0.2, 0.25) is 0 Å². The van der Waals surface area contributed by atoms with Gasteiger partial charge in [-0.3, -0.25) is 4.79 Å². The first-order valence-electron chi connectivity index (χ1n) is 7.84. The van der Waals surface area contributed by atoms with E-state index in [0.29, 0.717) is 13.0 Å². The number of nitrogens with one attached hydrogen (secondary N) is 1. The van der Waals surface area contributed by atoms with Crippen LogP contribution in [0.5, 0.6) is 0 Å². The minimum atomic E-state index is -1.66. The van der Waals surface area contributed by atoms with Crippen LogP contribution in [0.15, 0.2) is 0 Å². The smallest absolute Gasteiger partial charge is 0.253 e. The van der Waals surface area contributed by atoms with Crippen LogP contribution in [-0.4, -0.2) is 30.5 Å². The van der Waals surface area contributed by atoms with Crippen molar-refractivity contribution in [1.82, 2.24) is 10.3 Å². The normalized spacial score (nSPS) is 18.6. The number of amides is 1. The van der Waals surface area contributed by atoms with Gasteiger partial charge < -0.3 is 10.2 Å². The fourth-order valence-corrected chi connectivity index (χ4v) is 2.69. The number of piperidine rings is 1. The summed E-state index contributed by atoms with van der Waals surface area (Å²) in [6.45, 7) is 6.15. The molecule has 0 saturated carbocycles.